The molecule has 168 valence electrons. The van der Waals surface area contributed by atoms with Gasteiger partial charge in [0.25, 0.3) is 0 Å². The lowest BCUT2D eigenvalue weighted by Crippen LogP contribution is -2.19. The molecule has 1 saturated heterocycles. The quantitative estimate of drug-likeness (QED) is 0.299. The molecule has 2 aromatic carbocycles. The summed E-state index contributed by atoms with van der Waals surface area (Å²) in [4.78, 5) is 11.7. The first-order chi connectivity index (χ1) is 16.1. The number of benzene rings is 2. The molecule has 8 heteroatoms. The fourth-order valence-corrected chi connectivity index (χ4v) is 4.33. The number of methoxy groups -OCH3 is 1. The van der Waals surface area contributed by atoms with Gasteiger partial charge in [-0.3, -0.25) is 0 Å². The maximum atomic E-state index is 7.46. The van der Waals surface area contributed by atoms with E-state index in [4.69, 9.17) is 20.9 Å². The number of fused-ring (bicyclic) bond motifs is 1. The fraction of sp³-hybridized carbons (Fsp3) is 0.240. The van der Waals surface area contributed by atoms with Gasteiger partial charge in [-0.2, -0.15) is 0 Å². The molecule has 8 nitrogen and oxygen atoms in total. The monoisotopic (exact) mass is 441 g/mol. The molecule has 4 N–H and O–H groups in total. The van der Waals surface area contributed by atoms with E-state index in [1.165, 1.54) is 12.6 Å². The zero-order chi connectivity index (χ0) is 22.9. The van der Waals surface area contributed by atoms with Crippen molar-refractivity contribution in [3.05, 3.63) is 60.6 Å². The van der Waals surface area contributed by atoms with Crippen LogP contribution < -0.4 is 20.7 Å². The van der Waals surface area contributed by atoms with Crippen LogP contribution in [0.25, 0.3) is 16.9 Å². The van der Waals surface area contributed by atoms with Gasteiger partial charge in [-0.25, -0.2) is 9.97 Å². The van der Waals surface area contributed by atoms with E-state index in [0.29, 0.717) is 23.0 Å². The maximum Gasteiger partial charge on any atom is 0.180 e. The van der Waals surface area contributed by atoms with Crippen LogP contribution in [0.1, 0.15) is 18.9 Å². The lowest BCUT2D eigenvalue weighted by molar-refractivity contribution is 0.415. The van der Waals surface area contributed by atoms with Crippen LogP contribution in [0.3, 0.4) is 0 Å². The van der Waals surface area contributed by atoms with Crippen molar-refractivity contribution < 1.29 is 4.74 Å². The molecule has 1 aliphatic rings. The minimum Gasteiger partial charge on any atom is -0.495 e. The van der Waals surface area contributed by atoms with Crippen molar-refractivity contribution in [1.29, 1.82) is 5.41 Å². The number of ether oxygens (including phenoxy) is 1. The SMILES string of the molecule is COc1cc(Nc2nc(-c3ccc(C=N)c(N)c3)cn3ccnc23)ccc1N1CC[C@@H](C)C1. The van der Waals surface area contributed by atoms with Crippen molar-refractivity contribution in [2.75, 3.05) is 36.1 Å². The van der Waals surface area contributed by atoms with E-state index in [-0.39, 0.29) is 0 Å². The summed E-state index contributed by atoms with van der Waals surface area (Å²) in [6, 6.07) is 11.7. The average molecular weight is 442 g/mol. The smallest absolute Gasteiger partial charge is 0.180 e. The Kier molecular flexibility index (Phi) is 5.34. The number of nitrogen functional groups attached to an aromatic ring is 1. The van der Waals surface area contributed by atoms with E-state index < -0.39 is 0 Å². The van der Waals surface area contributed by atoms with Crippen LogP contribution in [-0.4, -0.2) is 40.8 Å². The summed E-state index contributed by atoms with van der Waals surface area (Å²) < 4.78 is 7.65. The number of aromatic nitrogens is 3. The normalized spacial score (nSPS) is 15.7. The fourth-order valence-electron chi connectivity index (χ4n) is 4.33. The first kappa shape index (κ1) is 20.8. The third kappa shape index (κ3) is 3.95. The molecule has 0 radical (unpaired) electrons. The maximum absolute atomic E-state index is 7.46. The Morgan fingerprint density at radius 1 is 1.24 bits per heavy atom. The van der Waals surface area contributed by atoms with Crippen LogP contribution >= 0.6 is 0 Å². The Bertz CT molecular complexity index is 1330. The molecule has 0 saturated carbocycles. The first-order valence-corrected chi connectivity index (χ1v) is 11.0. The first-order valence-electron chi connectivity index (χ1n) is 11.0. The highest BCUT2D eigenvalue weighted by molar-refractivity contribution is 5.87. The second kappa shape index (κ2) is 8.46. The molecule has 1 aliphatic heterocycles. The predicted octanol–water partition coefficient (Wildman–Crippen LogP) is 4.57. The van der Waals surface area contributed by atoms with Gasteiger partial charge in [-0.05, 0) is 30.5 Å². The van der Waals surface area contributed by atoms with Gasteiger partial charge in [0.15, 0.2) is 11.5 Å². The highest BCUT2D eigenvalue weighted by atomic mass is 16.5. The summed E-state index contributed by atoms with van der Waals surface area (Å²) in [6.45, 7) is 4.37. The zero-order valence-electron chi connectivity index (χ0n) is 18.7. The van der Waals surface area contributed by atoms with Crippen molar-refractivity contribution in [3.63, 3.8) is 0 Å². The third-order valence-electron chi connectivity index (χ3n) is 6.12. The molecule has 0 unspecified atom stereocenters. The summed E-state index contributed by atoms with van der Waals surface area (Å²) in [6.07, 6.45) is 8.00. The summed E-state index contributed by atoms with van der Waals surface area (Å²) >= 11 is 0. The molecule has 1 atom stereocenters. The van der Waals surface area contributed by atoms with E-state index in [1.807, 2.05) is 47.1 Å². The van der Waals surface area contributed by atoms with E-state index in [2.05, 4.69) is 28.2 Å². The van der Waals surface area contributed by atoms with Gasteiger partial charge in [0, 0.05) is 66.5 Å². The van der Waals surface area contributed by atoms with Gasteiger partial charge in [0.2, 0.25) is 0 Å². The molecule has 2 aromatic heterocycles. The number of imidazole rings is 1. The van der Waals surface area contributed by atoms with Crippen LogP contribution in [-0.2, 0) is 0 Å². The van der Waals surface area contributed by atoms with E-state index in [1.54, 1.807) is 13.3 Å². The van der Waals surface area contributed by atoms with E-state index >= 15 is 0 Å². The molecule has 3 heterocycles. The molecule has 0 amide bonds. The van der Waals surface area contributed by atoms with Crippen LogP contribution in [0, 0.1) is 11.3 Å². The highest BCUT2D eigenvalue weighted by Gasteiger charge is 2.22. The molecule has 0 spiro atoms. The van der Waals surface area contributed by atoms with E-state index in [0.717, 1.165) is 47.1 Å². The number of rotatable bonds is 6. The van der Waals surface area contributed by atoms with Gasteiger partial charge in [0.1, 0.15) is 5.75 Å². The summed E-state index contributed by atoms with van der Waals surface area (Å²) in [5.74, 6) is 2.16. The minimum atomic E-state index is 0.543. The topological polar surface area (TPSA) is 105 Å². The van der Waals surface area contributed by atoms with E-state index in [9.17, 15) is 0 Å². The average Bonchev–Trinajstić information content (AvgIpc) is 3.48. The molecule has 33 heavy (non-hydrogen) atoms. The minimum absolute atomic E-state index is 0.543. The van der Waals surface area contributed by atoms with Crippen molar-refractivity contribution >= 4 is 34.7 Å². The van der Waals surface area contributed by atoms with Crippen LogP contribution in [0.5, 0.6) is 5.75 Å². The van der Waals surface area contributed by atoms with Gasteiger partial charge in [0.05, 0.1) is 18.5 Å². The number of hydrogen-bond donors (Lipinski definition) is 3. The van der Waals surface area contributed by atoms with Crippen molar-refractivity contribution in [2.45, 2.75) is 13.3 Å². The van der Waals surface area contributed by atoms with Crippen LogP contribution in [0.2, 0.25) is 0 Å². The number of nitrogens with one attached hydrogen (secondary N) is 2. The number of anilines is 4. The molecular formula is C25H27N7O. The Morgan fingerprint density at radius 2 is 2.12 bits per heavy atom. The Hall–Kier alpha value is -4.07. The second-order valence-corrected chi connectivity index (χ2v) is 8.47. The molecular weight excluding hydrogens is 414 g/mol. The molecule has 5 rings (SSSR count). The number of nitrogens with two attached hydrogens (primary N) is 1. The lowest BCUT2D eigenvalue weighted by atomic mass is 10.1. The Morgan fingerprint density at radius 3 is 2.85 bits per heavy atom. The van der Waals surface area contributed by atoms with Gasteiger partial charge < -0.3 is 30.5 Å². The Balaban J connectivity index is 1.51. The van der Waals surface area contributed by atoms with Crippen molar-refractivity contribution in [3.8, 4) is 17.0 Å². The van der Waals surface area contributed by atoms with Crippen molar-refractivity contribution in [2.24, 2.45) is 5.92 Å². The van der Waals surface area contributed by atoms with Gasteiger partial charge in [-0.15, -0.1) is 0 Å². The third-order valence-corrected chi connectivity index (χ3v) is 6.12. The summed E-state index contributed by atoms with van der Waals surface area (Å²) in [5, 5.41) is 10.9. The summed E-state index contributed by atoms with van der Waals surface area (Å²) in [5.41, 5.74) is 11.6. The standard InChI is InChI=1S/C25H27N7O/c1-16-7-9-31(14-16)22-6-5-19(12-23(22)33-2)29-24-25-28-8-10-32(25)15-21(30-24)17-3-4-18(13-26)20(27)11-17/h3-6,8,10-13,15-16,26H,7,9,14,27H2,1-2H3,(H,29,30)/t16-/m1/s1. The van der Waals surface area contributed by atoms with Crippen LogP contribution in [0.4, 0.5) is 22.9 Å². The highest BCUT2D eigenvalue weighted by Crippen LogP contribution is 2.35. The Labute approximate surface area is 192 Å². The van der Waals surface area contributed by atoms with Crippen LogP contribution in [0.15, 0.2) is 55.0 Å². The summed E-state index contributed by atoms with van der Waals surface area (Å²) in [7, 11) is 1.70. The zero-order valence-corrected chi connectivity index (χ0v) is 18.7. The molecule has 4 aromatic rings. The molecule has 1 fully saturated rings. The number of nitrogens with zero attached hydrogens (tertiary/aromatic N) is 4. The largest absolute Gasteiger partial charge is 0.495 e. The molecule has 0 bridgehead atoms. The van der Waals surface area contributed by atoms with Gasteiger partial charge in [-0.1, -0.05) is 19.1 Å². The van der Waals surface area contributed by atoms with Crippen molar-refractivity contribution in [1.82, 2.24) is 14.4 Å². The van der Waals surface area contributed by atoms with Gasteiger partial charge >= 0.3 is 0 Å². The number of hydrogen-bond acceptors (Lipinski definition) is 7. The predicted molar refractivity (Wildman–Crippen MR) is 133 cm³/mol. The second-order valence-electron chi connectivity index (χ2n) is 8.47. The molecule has 0 aliphatic carbocycles. The lowest BCUT2D eigenvalue weighted by Gasteiger charge is -2.22.